The molecule has 3 N–H and O–H groups in total. The molecule has 0 aliphatic carbocycles. The number of hydrogen-bond acceptors (Lipinski definition) is 4. The molecule has 2 rings (SSSR count). The predicted octanol–water partition coefficient (Wildman–Crippen LogP) is 0.950. The summed E-state index contributed by atoms with van der Waals surface area (Å²) in [6.07, 6.45) is 1.24. The fraction of sp³-hybridized carbons (Fsp3) is 0.462. The van der Waals surface area contributed by atoms with Crippen LogP contribution in [0.5, 0.6) is 5.75 Å². The van der Waals surface area contributed by atoms with Crippen LogP contribution in [0, 0.1) is 12.3 Å². The lowest BCUT2D eigenvalue weighted by atomic mass is 9.81. The number of aryl methyl sites for hydroxylation is 1. The number of anilines is 1. The van der Waals surface area contributed by atoms with Crippen molar-refractivity contribution in [2.24, 2.45) is 5.41 Å². The number of carbonyl (C=O) groups excluding carboxylic acids is 2. The number of nitrogens with one attached hydrogen (secondary N) is 2. The Bertz CT molecular complexity index is 530. The topological polar surface area (TPSA) is 91.3 Å². The summed E-state index contributed by atoms with van der Waals surface area (Å²) in [6, 6.07) is 3.10. The summed E-state index contributed by atoms with van der Waals surface area (Å²) in [4.78, 5) is 28.1. The number of carbonyl (C=O) groups is 2. The van der Waals surface area contributed by atoms with E-state index in [4.69, 9.17) is 0 Å². The quantitative estimate of drug-likeness (QED) is 0.693. The minimum Gasteiger partial charge on any atom is -0.504 e. The van der Waals surface area contributed by atoms with E-state index in [-0.39, 0.29) is 17.5 Å². The highest BCUT2D eigenvalue weighted by Gasteiger charge is 2.42. The standard InChI is InChI=1S/C13H17N3O3/c1-8-4-5-9(17)10(15-8)16-12(19)13(2)6-3-7-14-11(13)18/h4-5,17H,3,6-7H2,1-2H3,(H,14,18)(H,15,16,19). The Morgan fingerprint density at radius 1 is 1.53 bits per heavy atom. The van der Waals surface area contributed by atoms with Crippen molar-refractivity contribution in [1.29, 1.82) is 0 Å². The third-order valence-electron chi connectivity index (χ3n) is 3.39. The minimum atomic E-state index is -1.11. The van der Waals surface area contributed by atoms with Gasteiger partial charge in [0.25, 0.3) is 0 Å². The zero-order chi connectivity index (χ0) is 14.0. The molecule has 1 aliphatic rings. The molecule has 1 aliphatic heterocycles. The third-order valence-corrected chi connectivity index (χ3v) is 3.39. The monoisotopic (exact) mass is 263 g/mol. The van der Waals surface area contributed by atoms with Crippen LogP contribution in [-0.2, 0) is 9.59 Å². The van der Waals surface area contributed by atoms with E-state index in [0.29, 0.717) is 18.7 Å². The van der Waals surface area contributed by atoms with Gasteiger partial charge in [0.15, 0.2) is 11.6 Å². The Hall–Kier alpha value is -2.11. The number of rotatable bonds is 2. The van der Waals surface area contributed by atoms with Gasteiger partial charge in [-0.05, 0) is 38.8 Å². The number of pyridine rings is 1. The summed E-state index contributed by atoms with van der Waals surface area (Å²) in [6.45, 7) is 3.95. The van der Waals surface area contributed by atoms with E-state index in [1.165, 1.54) is 6.07 Å². The van der Waals surface area contributed by atoms with Crippen molar-refractivity contribution in [1.82, 2.24) is 10.3 Å². The second-order valence-electron chi connectivity index (χ2n) is 4.97. The maximum atomic E-state index is 12.2. The summed E-state index contributed by atoms with van der Waals surface area (Å²) in [5, 5.41) is 14.9. The molecule has 0 bridgehead atoms. The van der Waals surface area contributed by atoms with Crippen LogP contribution in [0.25, 0.3) is 0 Å². The molecule has 0 saturated carbocycles. The molecule has 1 unspecified atom stereocenters. The lowest BCUT2D eigenvalue weighted by Crippen LogP contribution is -2.50. The molecule has 1 aromatic heterocycles. The highest BCUT2D eigenvalue weighted by molar-refractivity contribution is 6.10. The van der Waals surface area contributed by atoms with E-state index in [0.717, 1.165) is 6.42 Å². The number of amides is 2. The molecule has 1 atom stereocenters. The SMILES string of the molecule is Cc1ccc(O)c(NC(=O)C2(C)CCCNC2=O)n1. The first-order valence-corrected chi connectivity index (χ1v) is 6.20. The van der Waals surface area contributed by atoms with E-state index in [1.807, 2.05) is 0 Å². The molecule has 0 aromatic carbocycles. The number of nitrogens with zero attached hydrogens (tertiary/aromatic N) is 1. The number of aromatic nitrogens is 1. The van der Waals surface area contributed by atoms with E-state index in [1.54, 1.807) is 19.9 Å². The normalized spacial score (nSPS) is 22.7. The average molecular weight is 263 g/mol. The molecule has 0 spiro atoms. The average Bonchev–Trinajstić information content (AvgIpc) is 2.37. The maximum Gasteiger partial charge on any atom is 0.241 e. The fourth-order valence-corrected chi connectivity index (χ4v) is 2.06. The smallest absolute Gasteiger partial charge is 0.241 e. The Morgan fingerprint density at radius 2 is 2.26 bits per heavy atom. The molecule has 102 valence electrons. The zero-order valence-electron chi connectivity index (χ0n) is 11.0. The molecule has 6 heteroatoms. The third kappa shape index (κ3) is 2.52. The van der Waals surface area contributed by atoms with Crippen molar-refractivity contribution in [2.75, 3.05) is 11.9 Å². The molecular formula is C13H17N3O3. The van der Waals surface area contributed by atoms with Gasteiger partial charge in [-0.2, -0.15) is 0 Å². The number of piperidine rings is 1. The first kappa shape index (κ1) is 13.3. The molecule has 6 nitrogen and oxygen atoms in total. The minimum absolute atomic E-state index is 0.0876. The fourth-order valence-electron chi connectivity index (χ4n) is 2.06. The van der Waals surface area contributed by atoms with Gasteiger partial charge in [-0.25, -0.2) is 4.98 Å². The van der Waals surface area contributed by atoms with Gasteiger partial charge in [0.2, 0.25) is 11.8 Å². The molecule has 2 heterocycles. The highest BCUT2D eigenvalue weighted by atomic mass is 16.3. The van der Waals surface area contributed by atoms with Crippen molar-refractivity contribution in [2.45, 2.75) is 26.7 Å². The molecule has 1 saturated heterocycles. The van der Waals surface area contributed by atoms with Gasteiger partial charge in [0.05, 0.1) is 0 Å². The Balaban J connectivity index is 2.20. The first-order valence-electron chi connectivity index (χ1n) is 6.20. The molecule has 1 aromatic rings. The maximum absolute atomic E-state index is 12.2. The molecule has 1 fully saturated rings. The van der Waals surface area contributed by atoms with Gasteiger partial charge in [-0.1, -0.05) is 0 Å². The molecule has 0 radical (unpaired) electrons. The van der Waals surface area contributed by atoms with Crippen LogP contribution in [-0.4, -0.2) is 28.4 Å². The summed E-state index contributed by atoms with van der Waals surface area (Å²) < 4.78 is 0. The van der Waals surface area contributed by atoms with Gasteiger partial charge >= 0.3 is 0 Å². The van der Waals surface area contributed by atoms with Gasteiger partial charge in [0, 0.05) is 12.2 Å². The van der Waals surface area contributed by atoms with Gasteiger partial charge in [-0.3, -0.25) is 9.59 Å². The van der Waals surface area contributed by atoms with Gasteiger partial charge in [-0.15, -0.1) is 0 Å². The van der Waals surface area contributed by atoms with Crippen LogP contribution in [0.15, 0.2) is 12.1 Å². The highest BCUT2D eigenvalue weighted by Crippen LogP contribution is 2.30. The van der Waals surface area contributed by atoms with Crippen LogP contribution >= 0.6 is 0 Å². The van der Waals surface area contributed by atoms with Crippen molar-refractivity contribution in [3.8, 4) is 5.75 Å². The number of hydrogen-bond donors (Lipinski definition) is 3. The Labute approximate surface area is 111 Å². The van der Waals surface area contributed by atoms with E-state index in [2.05, 4.69) is 15.6 Å². The lowest BCUT2D eigenvalue weighted by Gasteiger charge is -2.30. The second kappa shape index (κ2) is 4.87. The second-order valence-corrected chi connectivity index (χ2v) is 4.97. The summed E-state index contributed by atoms with van der Waals surface area (Å²) in [5.41, 5.74) is -0.442. The van der Waals surface area contributed by atoms with Crippen LogP contribution in [0.2, 0.25) is 0 Å². The first-order chi connectivity index (χ1) is 8.93. The van der Waals surface area contributed by atoms with Crippen molar-refractivity contribution >= 4 is 17.6 Å². The Kier molecular flexibility index (Phi) is 3.42. The van der Waals surface area contributed by atoms with E-state index >= 15 is 0 Å². The molecular weight excluding hydrogens is 246 g/mol. The number of aromatic hydroxyl groups is 1. The van der Waals surface area contributed by atoms with Gasteiger partial charge < -0.3 is 15.7 Å². The Morgan fingerprint density at radius 3 is 2.95 bits per heavy atom. The largest absolute Gasteiger partial charge is 0.504 e. The lowest BCUT2D eigenvalue weighted by molar-refractivity contribution is -0.141. The summed E-state index contributed by atoms with van der Waals surface area (Å²) >= 11 is 0. The van der Waals surface area contributed by atoms with Crippen LogP contribution in [0.4, 0.5) is 5.82 Å². The molecule has 19 heavy (non-hydrogen) atoms. The zero-order valence-corrected chi connectivity index (χ0v) is 11.0. The predicted molar refractivity (Wildman–Crippen MR) is 69.6 cm³/mol. The van der Waals surface area contributed by atoms with E-state index in [9.17, 15) is 14.7 Å². The van der Waals surface area contributed by atoms with Crippen LogP contribution in [0.3, 0.4) is 0 Å². The van der Waals surface area contributed by atoms with Crippen molar-refractivity contribution in [3.63, 3.8) is 0 Å². The van der Waals surface area contributed by atoms with Crippen LogP contribution < -0.4 is 10.6 Å². The van der Waals surface area contributed by atoms with Crippen molar-refractivity contribution in [3.05, 3.63) is 17.8 Å². The van der Waals surface area contributed by atoms with Gasteiger partial charge in [0.1, 0.15) is 5.41 Å². The summed E-state index contributed by atoms with van der Waals surface area (Å²) in [7, 11) is 0. The van der Waals surface area contributed by atoms with Crippen molar-refractivity contribution < 1.29 is 14.7 Å². The molecule has 2 amide bonds. The van der Waals surface area contributed by atoms with E-state index < -0.39 is 11.3 Å². The van der Waals surface area contributed by atoms with Crippen LogP contribution in [0.1, 0.15) is 25.5 Å². The summed E-state index contributed by atoms with van der Waals surface area (Å²) in [5.74, 6) is -0.759.